The monoisotopic (exact) mass is 524 g/mol. The fourth-order valence-electron chi connectivity index (χ4n) is 5.52. The number of anilines is 1. The number of halogens is 4. The van der Waals surface area contributed by atoms with Crippen molar-refractivity contribution in [3.63, 3.8) is 0 Å². The van der Waals surface area contributed by atoms with Crippen molar-refractivity contribution in [1.29, 1.82) is 0 Å². The number of aromatic nitrogens is 1. The van der Waals surface area contributed by atoms with Crippen molar-refractivity contribution < 1.29 is 27.9 Å². The second kappa shape index (κ2) is 10.3. The molecule has 36 heavy (non-hydrogen) atoms. The predicted octanol–water partition coefficient (Wildman–Crippen LogP) is 4.67. The summed E-state index contributed by atoms with van der Waals surface area (Å²) in [5.74, 6) is -0.477. The molecule has 0 radical (unpaired) electrons. The van der Waals surface area contributed by atoms with Gasteiger partial charge in [-0.2, -0.15) is 13.2 Å². The maximum Gasteiger partial charge on any atom is 0.417 e. The number of carbonyl (C=O) groups excluding carboxylic acids is 1. The molecular formula is C25H28ClF3N4O3. The number of piperidine rings is 1. The lowest BCUT2D eigenvalue weighted by molar-refractivity contribution is -0.138. The van der Waals surface area contributed by atoms with Crippen LogP contribution in [0.25, 0.3) is 0 Å². The molecule has 2 saturated heterocycles. The summed E-state index contributed by atoms with van der Waals surface area (Å²) in [4.78, 5) is 33.5. The summed E-state index contributed by atoms with van der Waals surface area (Å²) in [6.07, 6.45) is -3.89. The molecule has 0 bridgehead atoms. The van der Waals surface area contributed by atoms with E-state index in [1.165, 1.54) is 11.0 Å². The number of benzene rings is 1. The van der Waals surface area contributed by atoms with Gasteiger partial charge in [0.25, 0.3) is 0 Å². The highest BCUT2D eigenvalue weighted by atomic mass is 35.5. The van der Waals surface area contributed by atoms with Crippen LogP contribution in [0.1, 0.15) is 36.8 Å². The van der Waals surface area contributed by atoms with Crippen LogP contribution in [0.2, 0.25) is 5.02 Å². The predicted molar refractivity (Wildman–Crippen MR) is 129 cm³/mol. The third-order valence-electron chi connectivity index (χ3n) is 7.31. The van der Waals surface area contributed by atoms with Gasteiger partial charge in [0.2, 0.25) is 0 Å². The van der Waals surface area contributed by atoms with Crippen LogP contribution in [0.5, 0.6) is 0 Å². The van der Waals surface area contributed by atoms with Crippen molar-refractivity contribution in [3.05, 3.63) is 58.7 Å². The van der Waals surface area contributed by atoms with Crippen LogP contribution in [0.15, 0.2) is 42.6 Å². The third-order valence-corrected chi connectivity index (χ3v) is 7.56. The minimum Gasteiger partial charge on any atom is -0.465 e. The van der Waals surface area contributed by atoms with E-state index < -0.39 is 29.3 Å². The lowest BCUT2D eigenvalue weighted by Gasteiger charge is -2.45. The zero-order valence-electron chi connectivity index (χ0n) is 19.8. The number of alkyl halides is 3. The largest absolute Gasteiger partial charge is 0.465 e. The Labute approximate surface area is 212 Å². The molecular weight excluding hydrogens is 497 g/mol. The molecule has 2 aromatic rings. The molecule has 2 fully saturated rings. The van der Waals surface area contributed by atoms with Crippen molar-refractivity contribution in [2.75, 3.05) is 37.6 Å². The maximum atomic E-state index is 14.1. The first-order chi connectivity index (χ1) is 17.1. The van der Waals surface area contributed by atoms with Gasteiger partial charge in [-0.1, -0.05) is 23.7 Å². The van der Waals surface area contributed by atoms with E-state index in [2.05, 4.69) is 10.3 Å². The van der Waals surface area contributed by atoms with Gasteiger partial charge in [0.05, 0.1) is 5.56 Å². The number of nitrogens with zero attached hydrogens (tertiary/aromatic N) is 3. The molecule has 2 aliphatic heterocycles. The zero-order valence-corrected chi connectivity index (χ0v) is 20.5. The standard InChI is InChI=1S/C25H28ClF3N4O3/c1-2-33(23(35)36)24(15-30-14-20(24)16-3-6-19(26)7-4-16)22(34)17-9-11-32(12-10-17)21-8-5-18(13-31-21)25(27,28)29/h3-8,13,17,20,30H,2,9-12,14-15H2,1H3,(H,35,36)/t20-,24+/m0/s1. The van der Waals surface area contributed by atoms with E-state index >= 15 is 0 Å². The SMILES string of the molecule is CCN(C(=O)O)[C@]1(C(=O)C2CCN(c3ccc(C(F)(F)F)cn3)CC2)CNC[C@H]1c1ccc(Cl)cc1. The van der Waals surface area contributed by atoms with Crippen molar-refractivity contribution in [1.82, 2.24) is 15.2 Å². The summed E-state index contributed by atoms with van der Waals surface area (Å²) in [6, 6.07) is 9.47. The lowest BCUT2D eigenvalue weighted by atomic mass is 9.72. The van der Waals surface area contributed by atoms with Crippen LogP contribution in [-0.2, 0) is 11.0 Å². The van der Waals surface area contributed by atoms with Gasteiger partial charge in [0.1, 0.15) is 11.4 Å². The minimum absolute atomic E-state index is 0.128. The summed E-state index contributed by atoms with van der Waals surface area (Å²) in [5, 5.41) is 13.9. The van der Waals surface area contributed by atoms with Gasteiger partial charge in [-0.15, -0.1) is 0 Å². The quantitative estimate of drug-likeness (QED) is 0.571. The molecule has 1 aromatic heterocycles. The number of nitrogens with one attached hydrogen (secondary N) is 1. The van der Waals surface area contributed by atoms with Gasteiger partial charge in [-0.05, 0) is 49.6 Å². The molecule has 1 aromatic carbocycles. The summed E-state index contributed by atoms with van der Waals surface area (Å²) >= 11 is 6.06. The Hall–Kier alpha value is -2.85. The highest BCUT2D eigenvalue weighted by Crippen LogP contribution is 2.41. The fraction of sp³-hybridized carbons (Fsp3) is 0.480. The van der Waals surface area contributed by atoms with Gasteiger partial charge in [0, 0.05) is 55.8 Å². The zero-order chi connectivity index (χ0) is 26.1. The second-order valence-corrected chi connectivity index (χ2v) is 9.65. The maximum absolute atomic E-state index is 14.1. The normalized spacial score (nSPS) is 23.0. The average Bonchev–Trinajstić information content (AvgIpc) is 3.29. The van der Waals surface area contributed by atoms with E-state index in [-0.39, 0.29) is 24.8 Å². The first-order valence-corrected chi connectivity index (χ1v) is 12.2. The van der Waals surface area contributed by atoms with Gasteiger partial charge >= 0.3 is 12.3 Å². The van der Waals surface area contributed by atoms with Crippen molar-refractivity contribution in [2.45, 2.75) is 37.4 Å². The second-order valence-electron chi connectivity index (χ2n) is 9.21. The van der Waals surface area contributed by atoms with Crippen LogP contribution in [0, 0.1) is 5.92 Å². The smallest absolute Gasteiger partial charge is 0.417 e. The van der Waals surface area contributed by atoms with Crippen molar-refractivity contribution in [2.24, 2.45) is 5.92 Å². The number of rotatable bonds is 6. The van der Waals surface area contributed by atoms with Crippen LogP contribution in [-0.4, -0.2) is 65.1 Å². The molecule has 2 atom stereocenters. The van der Waals surface area contributed by atoms with E-state index in [9.17, 15) is 27.9 Å². The molecule has 3 heterocycles. The molecule has 7 nitrogen and oxygen atoms in total. The number of hydrogen-bond donors (Lipinski definition) is 2. The first-order valence-electron chi connectivity index (χ1n) is 11.9. The summed E-state index contributed by atoms with van der Waals surface area (Å²) in [5.41, 5.74) is -1.24. The molecule has 194 valence electrons. The first kappa shape index (κ1) is 26.2. The Morgan fingerprint density at radius 2 is 1.86 bits per heavy atom. The number of carbonyl (C=O) groups is 2. The van der Waals surface area contributed by atoms with E-state index in [0.717, 1.165) is 17.8 Å². The molecule has 2 aliphatic rings. The van der Waals surface area contributed by atoms with Gasteiger partial charge in [-0.3, -0.25) is 9.69 Å². The van der Waals surface area contributed by atoms with Crippen LogP contribution >= 0.6 is 11.6 Å². The summed E-state index contributed by atoms with van der Waals surface area (Å²) in [6.45, 7) is 3.40. The van der Waals surface area contributed by atoms with Crippen LogP contribution in [0.3, 0.4) is 0 Å². The van der Waals surface area contributed by atoms with E-state index in [1.54, 1.807) is 19.1 Å². The highest BCUT2D eigenvalue weighted by molar-refractivity contribution is 6.30. The Balaban J connectivity index is 1.57. The van der Waals surface area contributed by atoms with Crippen molar-refractivity contribution >= 4 is 29.3 Å². The summed E-state index contributed by atoms with van der Waals surface area (Å²) in [7, 11) is 0. The number of likely N-dealkylation sites (N-methyl/N-ethyl adjacent to an activating group) is 1. The molecule has 0 aliphatic carbocycles. The Morgan fingerprint density at radius 1 is 1.19 bits per heavy atom. The Morgan fingerprint density at radius 3 is 2.39 bits per heavy atom. The number of Topliss-reactive ketones (excluding diaryl/α,β-unsaturated/α-hetero) is 1. The topological polar surface area (TPSA) is 85.8 Å². The Bertz CT molecular complexity index is 1090. The average molecular weight is 525 g/mol. The van der Waals surface area contributed by atoms with Crippen LogP contribution in [0.4, 0.5) is 23.8 Å². The number of hydrogen-bond acceptors (Lipinski definition) is 5. The molecule has 0 saturated carbocycles. The molecule has 11 heteroatoms. The number of ketones is 1. The lowest BCUT2D eigenvalue weighted by Crippen LogP contribution is -2.63. The van der Waals surface area contributed by atoms with Crippen LogP contribution < -0.4 is 10.2 Å². The summed E-state index contributed by atoms with van der Waals surface area (Å²) < 4.78 is 38.6. The van der Waals surface area contributed by atoms with Gasteiger partial charge < -0.3 is 15.3 Å². The molecule has 4 rings (SSSR count). The van der Waals surface area contributed by atoms with Crippen molar-refractivity contribution in [3.8, 4) is 0 Å². The molecule has 0 unspecified atom stereocenters. The number of pyridine rings is 1. The number of amides is 1. The molecule has 1 amide bonds. The number of carboxylic acid groups (broad SMARTS) is 1. The van der Waals surface area contributed by atoms with Gasteiger partial charge in [0.15, 0.2) is 5.78 Å². The Kier molecular flexibility index (Phi) is 7.47. The van der Waals surface area contributed by atoms with Gasteiger partial charge in [-0.25, -0.2) is 9.78 Å². The third kappa shape index (κ3) is 4.88. The minimum atomic E-state index is -4.45. The highest BCUT2D eigenvalue weighted by Gasteiger charge is 2.56. The van der Waals surface area contributed by atoms with E-state index in [0.29, 0.717) is 43.3 Å². The van der Waals surface area contributed by atoms with E-state index in [1.807, 2.05) is 17.0 Å². The van der Waals surface area contributed by atoms with E-state index in [4.69, 9.17) is 11.6 Å². The molecule has 2 N–H and O–H groups in total. The molecule has 0 spiro atoms. The fourth-order valence-corrected chi connectivity index (χ4v) is 5.64.